The fourth-order valence-electron chi connectivity index (χ4n) is 4.30. The molecule has 0 radical (unpaired) electrons. The van der Waals surface area contributed by atoms with E-state index in [1.807, 2.05) is 0 Å². The van der Waals surface area contributed by atoms with Crippen LogP contribution in [0.4, 0.5) is 0 Å². The summed E-state index contributed by atoms with van der Waals surface area (Å²) < 4.78 is 23.7. The molecule has 136 valence electrons. The minimum atomic E-state index is -3.23. The molecule has 0 heterocycles. The molecule has 2 aromatic carbocycles. The number of hydrogen-bond acceptors (Lipinski definition) is 3. The molecule has 1 fully saturated rings. The lowest BCUT2D eigenvalue weighted by molar-refractivity contribution is 0.0951. The van der Waals surface area contributed by atoms with E-state index in [9.17, 15) is 13.2 Å². The lowest BCUT2D eigenvalue weighted by atomic mass is 9.95. The van der Waals surface area contributed by atoms with Crippen LogP contribution < -0.4 is 5.32 Å². The van der Waals surface area contributed by atoms with Gasteiger partial charge in [0.05, 0.1) is 10.6 Å². The topological polar surface area (TPSA) is 63.2 Å². The molecule has 5 heteroatoms. The van der Waals surface area contributed by atoms with Gasteiger partial charge in [-0.1, -0.05) is 31.2 Å². The fourth-order valence-corrected chi connectivity index (χ4v) is 5.18. The molecule has 4 nitrogen and oxygen atoms in total. The lowest BCUT2D eigenvalue weighted by Gasteiger charge is -2.12. The highest BCUT2D eigenvalue weighted by molar-refractivity contribution is 7.91. The highest BCUT2D eigenvalue weighted by Crippen LogP contribution is 2.61. The smallest absolute Gasteiger partial charge is 0.251 e. The first-order valence-electron chi connectivity index (χ1n) is 9.16. The summed E-state index contributed by atoms with van der Waals surface area (Å²) in [6.07, 6.45) is 3.45. The van der Waals surface area contributed by atoms with E-state index in [4.69, 9.17) is 0 Å². The van der Waals surface area contributed by atoms with Crippen molar-refractivity contribution in [3.05, 3.63) is 65.2 Å². The Labute approximate surface area is 154 Å². The molecule has 1 spiro atoms. The van der Waals surface area contributed by atoms with E-state index in [1.165, 1.54) is 29.7 Å². The van der Waals surface area contributed by atoms with E-state index in [0.717, 1.165) is 12.8 Å². The van der Waals surface area contributed by atoms with Gasteiger partial charge >= 0.3 is 0 Å². The summed E-state index contributed by atoms with van der Waals surface area (Å²) in [6, 6.07) is 14.8. The molecule has 1 amide bonds. The van der Waals surface area contributed by atoms with Crippen molar-refractivity contribution in [1.82, 2.24) is 5.32 Å². The Kier molecular flexibility index (Phi) is 4.14. The molecule has 4 rings (SSSR count). The molecule has 2 aliphatic carbocycles. The van der Waals surface area contributed by atoms with Gasteiger partial charge in [-0.15, -0.1) is 0 Å². The third-order valence-electron chi connectivity index (χ3n) is 5.99. The first-order valence-corrected chi connectivity index (χ1v) is 10.8. The van der Waals surface area contributed by atoms with E-state index in [2.05, 4.69) is 29.6 Å². The normalized spacial score (nSPS) is 23.7. The standard InChI is InChI=1S/C21H23NO3S/c1-2-26(24,25)18-9-7-16(8-10-18)20(23)22-14-17-13-21(17)12-11-15-5-3-4-6-19(15)21/h3-10,17H,2,11-14H2,1H3,(H,22,23)/t17-,21+/m0/s1. The highest BCUT2D eigenvalue weighted by Gasteiger charge is 2.57. The second kappa shape index (κ2) is 6.23. The van der Waals surface area contributed by atoms with Gasteiger partial charge in [-0.2, -0.15) is 0 Å². The van der Waals surface area contributed by atoms with Crippen molar-refractivity contribution < 1.29 is 13.2 Å². The molecule has 0 bridgehead atoms. The Morgan fingerprint density at radius 1 is 1.15 bits per heavy atom. The van der Waals surface area contributed by atoms with E-state index in [0.29, 0.717) is 18.0 Å². The van der Waals surface area contributed by atoms with Crippen LogP contribution in [0.5, 0.6) is 0 Å². The molecule has 1 saturated carbocycles. The minimum Gasteiger partial charge on any atom is -0.352 e. The van der Waals surface area contributed by atoms with Crippen LogP contribution in [0.25, 0.3) is 0 Å². The Hall–Kier alpha value is -2.14. The summed E-state index contributed by atoms with van der Waals surface area (Å²) >= 11 is 0. The third kappa shape index (κ3) is 2.84. The van der Waals surface area contributed by atoms with Crippen molar-refractivity contribution in [3.8, 4) is 0 Å². The molecule has 0 aromatic heterocycles. The number of hydrogen-bond donors (Lipinski definition) is 1. The van der Waals surface area contributed by atoms with Gasteiger partial charge in [0.1, 0.15) is 0 Å². The van der Waals surface area contributed by atoms with Crippen LogP contribution in [0.1, 0.15) is 41.3 Å². The summed E-state index contributed by atoms with van der Waals surface area (Å²) in [5, 5.41) is 3.03. The summed E-state index contributed by atoms with van der Waals surface area (Å²) in [5.74, 6) is 0.415. The quantitative estimate of drug-likeness (QED) is 0.881. The van der Waals surface area contributed by atoms with E-state index in [1.54, 1.807) is 19.1 Å². The van der Waals surface area contributed by atoms with Crippen molar-refractivity contribution in [2.75, 3.05) is 12.3 Å². The highest BCUT2D eigenvalue weighted by atomic mass is 32.2. The number of amides is 1. The van der Waals surface area contributed by atoms with Crippen molar-refractivity contribution in [3.63, 3.8) is 0 Å². The van der Waals surface area contributed by atoms with Gasteiger partial charge in [0.15, 0.2) is 9.84 Å². The maximum Gasteiger partial charge on any atom is 0.251 e. The van der Waals surface area contributed by atoms with Gasteiger partial charge < -0.3 is 5.32 Å². The molecule has 26 heavy (non-hydrogen) atoms. The van der Waals surface area contributed by atoms with Crippen LogP contribution in [0.2, 0.25) is 0 Å². The number of fused-ring (bicyclic) bond motifs is 2. The van der Waals surface area contributed by atoms with Crippen molar-refractivity contribution in [2.45, 2.75) is 36.5 Å². The Bertz CT molecular complexity index is 949. The lowest BCUT2D eigenvalue weighted by Crippen LogP contribution is -2.27. The van der Waals surface area contributed by atoms with Crippen LogP contribution in [-0.4, -0.2) is 26.6 Å². The minimum absolute atomic E-state index is 0.0593. The Morgan fingerprint density at radius 3 is 2.62 bits per heavy atom. The number of benzene rings is 2. The monoisotopic (exact) mass is 369 g/mol. The average molecular weight is 369 g/mol. The molecule has 2 aliphatic rings. The zero-order chi connectivity index (χ0) is 18.4. The molecular formula is C21H23NO3S. The van der Waals surface area contributed by atoms with Gasteiger partial charge in [-0.3, -0.25) is 4.79 Å². The molecule has 2 atom stereocenters. The second-order valence-electron chi connectivity index (χ2n) is 7.35. The third-order valence-corrected chi connectivity index (χ3v) is 7.74. The molecule has 0 unspecified atom stereocenters. The van der Waals surface area contributed by atoms with Crippen LogP contribution in [0, 0.1) is 5.92 Å². The van der Waals surface area contributed by atoms with Gasteiger partial charge in [-0.25, -0.2) is 8.42 Å². The zero-order valence-corrected chi connectivity index (χ0v) is 15.7. The first-order chi connectivity index (χ1) is 12.5. The van der Waals surface area contributed by atoms with Crippen LogP contribution >= 0.6 is 0 Å². The summed E-state index contributed by atoms with van der Waals surface area (Å²) in [5.41, 5.74) is 3.69. The molecule has 1 N–H and O–H groups in total. The fraction of sp³-hybridized carbons (Fsp3) is 0.381. The van der Waals surface area contributed by atoms with Gasteiger partial charge in [-0.05, 0) is 60.6 Å². The zero-order valence-electron chi connectivity index (χ0n) is 14.9. The number of nitrogens with one attached hydrogen (secondary N) is 1. The Morgan fingerprint density at radius 2 is 1.88 bits per heavy atom. The molecule has 0 saturated heterocycles. The summed E-state index contributed by atoms with van der Waals surface area (Å²) in [4.78, 5) is 12.7. The molecule has 0 aliphatic heterocycles. The largest absolute Gasteiger partial charge is 0.352 e. The van der Waals surface area contributed by atoms with E-state index in [-0.39, 0.29) is 22.0 Å². The number of sulfone groups is 1. The Balaban J connectivity index is 1.39. The maximum absolute atomic E-state index is 12.4. The van der Waals surface area contributed by atoms with Crippen molar-refractivity contribution >= 4 is 15.7 Å². The van der Waals surface area contributed by atoms with Gasteiger partial charge in [0, 0.05) is 17.5 Å². The summed E-state index contributed by atoms with van der Waals surface area (Å²) in [6.45, 7) is 2.28. The van der Waals surface area contributed by atoms with Crippen molar-refractivity contribution in [1.29, 1.82) is 0 Å². The number of aryl methyl sites for hydroxylation is 1. The second-order valence-corrected chi connectivity index (χ2v) is 9.63. The number of carbonyl (C=O) groups is 1. The number of carbonyl (C=O) groups excluding carboxylic acids is 1. The first kappa shape index (κ1) is 17.3. The molecule has 2 aromatic rings. The predicted octanol–water partition coefficient (Wildman–Crippen LogP) is 3.11. The SMILES string of the molecule is CCS(=O)(=O)c1ccc(C(=O)NC[C@@H]2C[C@]23CCc2ccccc23)cc1. The summed E-state index contributed by atoms with van der Waals surface area (Å²) in [7, 11) is -3.23. The predicted molar refractivity (Wildman–Crippen MR) is 101 cm³/mol. The van der Waals surface area contributed by atoms with Crippen LogP contribution in [-0.2, 0) is 21.7 Å². The van der Waals surface area contributed by atoms with E-state index >= 15 is 0 Å². The van der Waals surface area contributed by atoms with Crippen LogP contribution in [0.15, 0.2) is 53.4 Å². The van der Waals surface area contributed by atoms with E-state index < -0.39 is 9.84 Å². The number of rotatable bonds is 5. The van der Waals surface area contributed by atoms with Crippen molar-refractivity contribution in [2.24, 2.45) is 5.92 Å². The molecular weight excluding hydrogens is 346 g/mol. The van der Waals surface area contributed by atoms with Crippen LogP contribution in [0.3, 0.4) is 0 Å². The van der Waals surface area contributed by atoms with Gasteiger partial charge in [0.2, 0.25) is 0 Å². The van der Waals surface area contributed by atoms with Gasteiger partial charge in [0.25, 0.3) is 5.91 Å². The maximum atomic E-state index is 12.4. The average Bonchev–Trinajstić information content (AvgIpc) is 3.26.